The van der Waals surface area contributed by atoms with Crippen LogP contribution in [0.3, 0.4) is 0 Å². The lowest BCUT2D eigenvalue weighted by molar-refractivity contribution is 0.592. The number of aromatic nitrogens is 4. The molecule has 5 rings (SSSR count). The average molecular weight is 456 g/mol. The second-order valence-corrected chi connectivity index (χ2v) is 9.68. The van der Waals surface area contributed by atoms with Crippen molar-refractivity contribution >= 4 is 54.5 Å². The van der Waals surface area contributed by atoms with E-state index in [1.54, 1.807) is 18.2 Å². The summed E-state index contributed by atoms with van der Waals surface area (Å²) in [7, 11) is -3.87. The van der Waals surface area contributed by atoms with E-state index in [0.717, 1.165) is 15.8 Å². The molecule has 5 aromatic rings. The minimum Gasteiger partial charge on any atom is -0.365 e. The van der Waals surface area contributed by atoms with Crippen LogP contribution in [0.15, 0.2) is 76.0 Å². The second kappa shape index (κ2) is 7.35. The highest BCUT2D eigenvalue weighted by atomic mass is 35.5. The Morgan fingerprint density at radius 3 is 2.60 bits per heavy atom. The van der Waals surface area contributed by atoms with Crippen molar-refractivity contribution in [3.05, 3.63) is 76.6 Å². The number of sulfone groups is 1. The van der Waals surface area contributed by atoms with E-state index in [0.29, 0.717) is 17.4 Å². The van der Waals surface area contributed by atoms with Gasteiger partial charge in [-0.1, -0.05) is 53.2 Å². The van der Waals surface area contributed by atoms with Gasteiger partial charge in [0, 0.05) is 11.6 Å². The number of anilines is 1. The van der Waals surface area contributed by atoms with Gasteiger partial charge in [-0.15, -0.1) is 16.4 Å². The third-order valence-electron chi connectivity index (χ3n) is 4.63. The Hall–Kier alpha value is -3.01. The standard InChI is InChI=1S/C20H14ClN5O2S2/c21-15-9-5-4-6-13(15)12-22-18-17-16(10-11-29-17)26-19(23-18)20(24-25-26)30(27,28)14-7-2-1-3-8-14/h1-11H,12H2,(H,22,23). The molecular formula is C20H14ClN5O2S2. The Morgan fingerprint density at radius 1 is 1.03 bits per heavy atom. The summed E-state index contributed by atoms with van der Waals surface area (Å²) in [6.07, 6.45) is 0. The molecule has 0 aliphatic rings. The Labute approximate surface area is 180 Å². The van der Waals surface area contributed by atoms with Crippen molar-refractivity contribution < 1.29 is 8.42 Å². The van der Waals surface area contributed by atoms with Gasteiger partial charge in [0.1, 0.15) is 5.82 Å². The van der Waals surface area contributed by atoms with Crippen LogP contribution in [0.1, 0.15) is 5.56 Å². The molecule has 1 N–H and O–H groups in total. The number of rotatable bonds is 5. The average Bonchev–Trinajstić information content (AvgIpc) is 3.41. The summed E-state index contributed by atoms with van der Waals surface area (Å²) in [5.74, 6) is 0.555. The van der Waals surface area contributed by atoms with Crippen molar-refractivity contribution in [2.45, 2.75) is 16.5 Å². The molecule has 3 heterocycles. The summed E-state index contributed by atoms with van der Waals surface area (Å²) in [5.41, 5.74) is 1.81. The van der Waals surface area contributed by atoms with E-state index in [1.165, 1.54) is 28.0 Å². The maximum Gasteiger partial charge on any atom is 0.229 e. The molecule has 0 aliphatic heterocycles. The maximum atomic E-state index is 13.1. The first-order valence-electron chi connectivity index (χ1n) is 8.96. The molecule has 0 aliphatic carbocycles. The molecule has 0 saturated carbocycles. The number of fused-ring (bicyclic) bond motifs is 3. The molecule has 0 spiro atoms. The number of halogens is 1. The van der Waals surface area contributed by atoms with Crippen LogP contribution in [0.2, 0.25) is 5.02 Å². The highest BCUT2D eigenvalue weighted by Gasteiger charge is 2.27. The van der Waals surface area contributed by atoms with E-state index in [4.69, 9.17) is 11.6 Å². The van der Waals surface area contributed by atoms with Gasteiger partial charge >= 0.3 is 0 Å². The van der Waals surface area contributed by atoms with Gasteiger partial charge in [0.25, 0.3) is 0 Å². The normalized spacial score (nSPS) is 11.9. The first-order chi connectivity index (χ1) is 14.6. The van der Waals surface area contributed by atoms with Crippen molar-refractivity contribution in [3.8, 4) is 0 Å². The minimum atomic E-state index is -3.87. The van der Waals surface area contributed by atoms with Crippen LogP contribution in [0.5, 0.6) is 0 Å². The van der Waals surface area contributed by atoms with Crippen LogP contribution in [0.25, 0.3) is 15.9 Å². The van der Waals surface area contributed by atoms with Crippen molar-refractivity contribution in [1.29, 1.82) is 0 Å². The summed E-state index contributed by atoms with van der Waals surface area (Å²) >= 11 is 7.74. The first kappa shape index (κ1) is 19.0. The number of hydrogen-bond acceptors (Lipinski definition) is 7. The molecule has 0 atom stereocenters. The molecule has 0 radical (unpaired) electrons. The molecule has 3 aromatic heterocycles. The van der Waals surface area contributed by atoms with Gasteiger partial charge in [-0.2, -0.15) is 4.52 Å². The third-order valence-corrected chi connectivity index (χ3v) is 7.58. The number of nitrogens with zero attached hydrogens (tertiary/aromatic N) is 4. The number of nitrogens with one attached hydrogen (secondary N) is 1. The van der Waals surface area contributed by atoms with Crippen LogP contribution in [0, 0.1) is 0 Å². The fraction of sp³-hybridized carbons (Fsp3) is 0.0500. The molecule has 0 amide bonds. The van der Waals surface area contributed by atoms with Crippen molar-refractivity contribution in [1.82, 2.24) is 19.8 Å². The molecule has 10 heteroatoms. The van der Waals surface area contributed by atoms with Crippen LogP contribution >= 0.6 is 22.9 Å². The number of thiophene rings is 1. The fourth-order valence-corrected chi connectivity index (χ4v) is 5.44. The van der Waals surface area contributed by atoms with Crippen LogP contribution < -0.4 is 5.32 Å². The van der Waals surface area contributed by atoms with E-state index < -0.39 is 9.84 Å². The predicted octanol–water partition coefficient (Wildman–Crippen LogP) is 4.44. The van der Waals surface area contributed by atoms with E-state index in [-0.39, 0.29) is 15.6 Å². The van der Waals surface area contributed by atoms with Gasteiger partial charge < -0.3 is 5.32 Å². The Balaban J connectivity index is 1.64. The van der Waals surface area contributed by atoms with Gasteiger partial charge in [-0.25, -0.2) is 13.4 Å². The van der Waals surface area contributed by atoms with E-state index in [1.807, 2.05) is 35.7 Å². The molecule has 0 unspecified atom stereocenters. The van der Waals surface area contributed by atoms with Gasteiger partial charge in [-0.3, -0.25) is 0 Å². The quantitative estimate of drug-likeness (QED) is 0.421. The summed E-state index contributed by atoms with van der Waals surface area (Å²) in [6, 6.07) is 17.5. The maximum absolute atomic E-state index is 13.1. The lowest BCUT2D eigenvalue weighted by Crippen LogP contribution is -2.06. The molecule has 2 aromatic carbocycles. The van der Waals surface area contributed by atoms with Gasteiger partial charge in [0.15, 0.2) is 5.65 Å². The fourth-order valence-electron chi connectivity index (χ4n) is 3.15. The summed E-state index contributed by atoms with van der Waals surface area (Å²) < 4.78 is 28.6. The topological polar surface area (TPSA) is 89.2 Å². The Bertz CT molecular complexity index is 1480. The first-order valence-corrected chi connectivity index (χ1v) is 11.7. The zero-order chi connectivity index (χ0) is 20.7. The minimum absolute atomic E-state index is 0.144. The number of benzene rings is 2. The zero-order valence-electron chi connectivity index (χ0n) is 15.4. The summed E-state index contributed by atoms with van der Waals surface area (Å²) in [5, 5.41) is 13.7. The highest BCUT2D eigenvalue weighted by Crippen LogP contribution is 2.31. The number of hydrogen-bond donors (Lipinski definition) is 1. The third kappa shape index (κ3) is 3.11. The van der Waals surface area contributed by atoms with Crippen molar-refractivity contribution in [2.75, 3.05) is 5.32 Å². The van der Waals surface area contributed by atoms with Crippen molar-refractivity contribution in [2.24, 2.45) is 0 Å². The SMILES string of the molecule is O=S(=O)(c1ccccc1)c1nnn2c1nc(NCc1ccccc1Cl)c1sccc12. The molecule has 0 bridgehead atoms. The van der Waals surface area contributed by atoms with Gasteiger partial charge in [0.05, 0.1) is 15.1 Å². The highest BCUT2D eigenvalue weighted by molar-refractivity contribution is 7.91. The van der Waals surface area contributed by atoms with Crippen molar-refractivity contribution in [3.63, 3.8) is 0 Å². The summed E-state index contributed by atoms with van der Waals surface area (Å²) in [4.78, 5) is 4.73. The lowest BCUT2D eigenvalue weighted by Gasteiger charge is -2.09. The van der Waals surface area contributed by atoms with Gasteiger partial charge in [-0.05, 0) is 35.2 Å². The Morgan fingerprint density at radius 2 is 1.80 bits per heavy atom. The predicted molar refractivity (Wildman–Crippen MR) is 117 cm³/mol. The zero-order valence-corrected chi connectivity index (χ0v) is 17.7. The molecular weight excluding hydrogens is 442 g/mol. The lowest BCUT2D eigenvalue weighted by atomic mass is 10.2. The van der Waals surface area contributed by atoms with E-state index in [2.05, 4.69) is 20.6 Å². The molecule has 0 fully saturated rings. The van der Waals surface area contributed by atoms with Crippen LogP contribution in [-0.2, 0) is 16.4 Å². The smallest absolute Gasteiger partial charge is 0.229 e. The van der Waals surface area contributed by atoms with Gasteiger partial charge in [0.2, 0.25) is 14.9 Å². The summed E-state index contributed by atoms with van der Waals surface area (Å²) in [6.45, 7) is 0.443. The molecule has 30 heavy (non-hydrogen) atoms. The molecule has 150 valence electrons. The van der Waals surface area contributed by atoms with Crippen LogP contribution in [0.4, 0.5) is 5.82 Å². The second-order valence-electron chi connectivity index (χ2n) is 6.49. The largest absolute Gasteiger partial charge is 0.365 e. The molecule has 7 nitrogen and oxygen atoms in total. The monoisotopic (exact) mass is 455 g/mol. The van der Waals surface area contributed by atoms with E-state index >= 15 is 0 Å². The van der Waals surface area contributed by atoms with Crippen LogP contribution in [-0.4, -0.2) is 28.2 Å². The molecule has 0 saturated heterocycles. The van der Waals surface area contributed by atoms with E-state index in [9.17, 15) is 8.42 Å². The Kier molecular flexibility index (Phi) is 4.65.